The molecule has 3 aromatic rings. The van der Waals surface area contributed by atoms with Crippen LogP contribution >= 0.6 is 0 Å². The third-order valence-corrected chi connectivity index (χ3v) is 10.1. The Bertz CT molecular complexity index is 1760. The summed E-state index contributed by atoms with van der Waals surface area (Å²) in [6, 6.07) is 17.2. The highest BCUT2D eigenvalue weighted by molar-refractivity contribution is 6.06. The van der Waals surface area contributed by atoms with Crippen LogP contribution in [0.4, 0.5) is 16.3 Å². The first-order valence-corrected chi connectivity index (χ1v) is 17.1. The second-order valence-electron chi connectivity index (χ2n) is 14.5. The van der Waals surface area contributed by atoms with Crippen LogP contribution in [-0.4, -0.2) is 58.9 Å². The number of amides is 4. The summed E-state index contributed by atoms with van der Waals surface area (Å²) in [6.45, 7) is 9.24. The minimum atomic E-state index is -0.702. The molecular formula is C38H46N6O5. The van der Waals surface area contributed by atoms with Crippen molar-refractivity contribution in [3.05, 3.63) is 88.6 Å². The molecule has 0 bridgehead atoms. The van der Waals surface area contributed by atoms with Gasteiger partial charge in [-0.1, -0.05) is 43.3 Å². The van der Waals surface area contributed by atoms with Gasteiger partial charge in [-0.15, -0.1) is 0 Å². The molecule has 2 aliphatic heterocycles. The second-order valence-corrected chi connectivity index (χ2v) is 14.5. The summed E-state index contributed by atoms with van der Waals surface area (Å²) >= 11 is 0. The third-order valence-electron chi connectivity index (χ3n) is 10.1. The van der Waals surface area contributed by atoms with Crippen LogP contribution in [0.3, 0.4) is 0 Å². The number of nitrogens with zero attached hydrogens (tertiary/aromatic N) is 2. The van der Waals surface area contributed by atoms with Crippen LogP contribution in [0.1, 0.15) is 74.8 Å². The molecule has 11 heteroatoms. The van der Waals surface area contributed by atoms with Crippen molar-refractivity contribution in [2.45, 2.75) is 83.9 Å². The van der Waals surface area contributed by atoms with Crippen molar-refractivity contribution < 1.29 is 23.9 Å². The predicted octanol–water partition coefficient (Wildman–Crippen LogP) is 4.84. The van der Waals surface area contributed by atoms with Crippen LogP contribution in [-0.2, 0) is 50.5 Å². The maximum Gasteiger partial charge on any atom is 0.407 e. The smallest absolute Gasteiger partial charge is 0.407 e. The zero-order chi connectivity index (χ0) is 34.8. The van der Waals surface area contributed by atoms with E-state index in [0.29, 0.717) is 43.6 Å². The lowest BCUT2D eigenvalue weighted by Crippen LogP contribution is -2.50. The number of anilines is 2. The number of rotatable bonds is 9. The van der Waals surface area contributed by atoms with Gasteiger partial charge < -0.3 is 30.9 Å². The summed E-state index contributed by atoms with van der Waals surface area (Å²) in [5, 5.41) is 12.1. The fourth-order valence-corrected chi connectivity index (χ4v) is 7.45. The van der Waals surface area contributed by atoms with Crippen LogP contribution in [0.2, 0.25) is 0 Å². The van der Waals surface area contributed by atoms with Crippen LogP contribution < -0.4 is 21.3 Å². The molecule has 0 unspecified atom stereocenters. The molecule has 6 rings (SSSR count). The number of benzene rings is 2. The predicted molar refractivity (Wildman–Crippen MR) is 187 cm³/mol. The maximum atomic E-state index is 14.4. The van der Waals surface area contributed by atoms with Gasteiger partial charge in [0.15, 0.2) is 0 Å². The number of carbonyl (C=O) groups excluding carboxylic acids is 4. The van der Waals surface area contributed by atoms with E-state index < -0.39 is 22.5 Å². The van der Waals surface area contributed by atoms with E-state index in [9.17, 15) is 19.2 Å². The van der Waals surface area contributed by atoms with Crippen molar-refractivity contribution in [2.24, 2.45) is 5.41 Å². The van der Waals surface area contributed by atoms with Gasteiger partial charge in [-0.25, -0.2) is 9.78 Å². The van der Waals surface area contributed by atoms with Gasteiger partial charge in [-0.05, 0) is 106 Å². The lowest BCUT2D eigenvalue weighted by Gasteiger charge is -2.39. The van der Waals surface area contributed by atoms with Crippen molar-refractivity contribution >= 4 is 35.3 Å². The number of nitrogens with one attached hydrogen (secondary N) is 4. The van der Waals surface area contributed by atoms with Gasteiger partial charge in [0.2, 0.25) is 17.7 Å². The monoisotopic (exact) mass is 666 g/mol. The minimum absolute atomic E-state index is 0.0445. The Morgan fingerprint density at radius 3 is 2.45 bits per heavy atom. The van der Waals surface area contributed by atoms with Crippen molar-refractivity contribution in [2.75, 3.05) is 30.3 Å². The summed E-state index contributed by atoms with van der Waals surface area (Å²) < 4.78 is 5.41. The number of hydrogen-bond donors (Lipinski definition) is 4. The zero-order valence-electron chi connectivity index (χ0n) is 28.8. The average molecular weight is 667 g/mol. The van der Waals surface area contributed by atoms with E-state index in [4.69, 9.17) is 4.74 Å². The first-order chi connectivity index (χ1) is 23.4. The van der Waals surface area contributed by atoms with Crippen molar-refractivity contribution in [3.63, 3.8) is 0 Å². The maximum absolute atomic E-state index is 14.4. The van der Waals surface area contributed by atoms with Crippen LogP contribution in [0.5, 0.6) is 0 Å². The summed E-state index contributed by atoms with van der Waals surface area (Å²) in [5.74, 6) is 0.205. The molecular weight excluding hydrogens is 620 g/mol. The number of carbonyl (C=O) groups is 4. The average Bonchev–Trinajstić information content (AvgIpc) is 3.59. The van der Waals surface area contributed by atoms with Gasteiger partial charge in [-0.2, -0.15) is 0 Å². The molecule has 1 aliphatic carbocycles. The summed E-state index contributed by atoms with van der Waals surface area (Å²) in [5.41, 5.74) is 3.37. The highest BCUT2D eigenvalue weighted by atomic mass is 16.6. The first kappa shape index (κ1) is 34.1. The van der Waals surface area contributed by atoms with Gasteiger partial charge in [-0.3, -0.25) is 14.4 Å². The zero-order valence-corrected chi connectivity index (χ0v) is 28.8. The van der Waals surface area contributed by atoms with Crippen LogP contribution in [0.15, 0.2) is 60.8 Å². The standard InChI is InChI=1S/C38H46N6O5/c1-5-37(14-17-39-18-15-37)34(47)44(23-27-10-7-6-9-26(27)22-41-35(48)49-36(2,3)4)24-31(45)42-29-13-12-25-20-38(21-28(25)19-29)30-11-8-16-40-32(30)43-33(38)46/h6-13,16,19,39H,5,14-15,17-18,20-24H2,1-4H3,(H,41,48)(H,42,45)(H,40,43,46)/t38-/m1/s1. The molecule has 3 heterocycles. The molecule has 49 heavy (non-hydrogen) atoms. The molecule has 1 spiro atoms. The minimum Gasteiger partial charge on any atom is -0.444 e. The van der Waals surface area contributed by atoms with E-state index in [1.165, 1.54) is 0 Å². The lowest BCUT2D eigenvalue weighted by atomic mass is 9.75. The molecule has 4 amide bonds. The van der Waals surface area contributed by atoms with E-state index in [0.717, 1.165) is 40.9 Å². The molecule has 0 radical (unpaired) electrons. The largest absolute Gasteiger partial charge is 0.444 e. The Hall–Kier alpha value is -4.77. The van der Waals surface area contributed by atoms with Crippen LogP contribution in [0.25, 0.3) is 0 Å². The molecule has 0 saturated carbocycles. The molecule has 2 aromatic carbocycles. The van der Waals surface area contributed by atoms with Crippen molar-refractivity contribution in [1.82, 2.24) is 20.5 Å². The number of pyridine rings is 1. The van der Waals surface area contributed by atoms with Gasteiger partial charge in [0.05, 0.1) is 10.8 Å². The number of hydrogen-bond acceptors (Lipinski definition) is 7. The van der Waals surface area contributed by atoms with E-state index in [2.05, 4.69) is 26.3 Å². The lowest BCUT2D eigenvalue weighted by molar-refractivity contribution is -0.146. The molecule has 1 atom stereocenters. The fourth-order valence-electron chi connectivity index (χ4n) is 7.45. The topological polar surface area (TPSA) is 142 Å². The van der Waals surface area contributed by atoms with Gasteiger partial charge in [0.1, 0.15) is 18.0 Å². The quantitative estimate of drug-likeness (QED) is 0.256. The highest BCUT2D eigenvalue weighted by Crippen LogP contribution is 2.47. The molecule has 258 valence electrons. The third kappa shape index (κ3) is 7.17. The molecule has 3 aliphatic rings. The number of fused-ring (bicyclic) bond motifs is 3. The Labute approximate surface area is 287 Å². The molecule has 4 N–H and O–H groups in total. The van der Waals surface area contributed by atoms with E-state index in [1.54, 1.807) is 11.1 Å². The molecule has 1 saturated heterocycles. The van der Waals surface area contributed by atoms with Crippen LogP contribution in [0, 0.1) is 5.41 Å². The Kier molecular flexibility index (Phi) is 9.48. The fraction of sp³-hybridized carbons (Fsp3) is 0.447. The Morgan fingerprint density at radius 1 is 0.980 bits per heavy atom. The number of ether oxygens (including phenoxy) is 1. The summed E-state index contributed by atoms with van der Waals surface area (Å²) in [4.78, 5) is 59.7. The number of piperidine rings is 1. The van der Waals surface area contributed by atoms with Gasteiger partial charge >= 0.3 is 6.09 Å². The summed E-state index contributed by atoms with van der Waals surface area (Å²) in [6.07, 6.45) is 4.30. The van der Waals surface area contributed by atoms with Crippen molar-refractivity contribution in [3.8, 4) is 0 Å². The molecule has 11 nitrogen and oxygen atoms in total. The van der Waals surface area contributed by atoms with E-state index in [-0.39, 0.29) is 37.4 Å². The Balaban J connectivity index is 1.20. The summed E-state index contributed by atoms with van der Waals surface area (Å²) in [7, 11) is 0. The second kappa shape index (κ2) is 13.6. The highest BCUT2D eigenvalue weighted by Gasteiger charge is 2.51. The van der Waals surface area contributed by atoms with Gasteiger partial charge in [0.25, 0.3) is 0 Å². The Morgan fingerprint density at radius 2 is 1.71 bits per heavy atom. The number of alkyl carbamates (subject to hydrolysis) is 1. The van der Waals surface area contributed by atoms with Crippen molar-refractivity contribution in [1.29, 1.82) is 0 Å². The SMILES string of the molecule is CCC1(C(=O)N(CC(=O)Nc2ccc3c(c2)C[C@@]2(C3)C(=O)Nc3ncccc32)Cc2ccccc2CNC(=O)OC(C)(C)C)CCNCC1. The molecule has 1 aromatic heterocycles. The first-order valence-electron chi connectivity index (χ1n) is 17.1. The number of aromatic nitrogens is 1. The van der Waals surface area contributed by atoms with Gasteiger partial charge in [0, 0.05) is 30.5 Å². The normalized spacial score (nSPS) is 19.1. The molecule has 1 fully saturated rings. The van der Waals surface area contributed by atoms with E-state index in [1.807, 2.05) is 82.3 Å². The van der Waals surface area contributed by atoms with E-state index >= 15 is 0 Å².